The van der Waals surface area contributed by atoms with Crippen LogP contribution in [-0.2, 0) is 6.54 Å². The van der Waals surface area contributed by atoms with E-state index in [1.165, 1.54) is 0 Å². The molecule has 0 aliphatic carbocycles. The van der Waals surface area contributed by atoms with E-state index in [2.05, 4.69) is 16.8 Å². The predicted molar refractivity (Wildman–Crippen MR) is 80.6 cm³/mol. The first kappa shape index (κ1) is 15.0. The number of nitrogens with two attached hydrogens (primary N) is 1. The SMILES string of the molecule is Cc1cc(Cl)c(CN2CCC(C(C)N)CC2)c(Cl)n1. The lowest BCUT2D eigenvalue weighted by Crippen LogP contribution is -2.39. The van der Waals surface area contributed by atoms with E-state index in [-0.39, 0.29) is 6.04 Å². The van der Waals surface area contributed by atoms with Crippen molar-refractivity contribution in [1.29, 1.82) is 0 Å². The van der Waals surface area contributed by atoms with Crippen LogP contribution < -0.4 is 5.73 Å². The van der Waals surface area contributed by atoms with Gasteiger partial charge in [-0.25, -0.2) is 4.98 Å². The van der Waals surface area contributed by atoms with Gasteiger partial charge < -0.3 is 5.73 Å². The van der Waals surface area contributed by atoms with E-state index >= 15 is 0 Å². The predicted octanol–water partition coefficient (Wildman–Crippen LogP) is 3.26. The third-order valence-corrected chi connectivity index (χ3v) is 4.55. The van der Waals surface area contributed by atoms with Crippen LogP contribution in [0.25, 0.3) is 0 Å². The van der Waals surface area contributed by atoms with E-state index in [0.717, 1.165) is 43.7 Å². The van der Waals surface area contributed by atoms with Crippen molar-refractivity contribution in [2.24, 2.45) is 11.7 Å². The van der Waals surface area contributed by atoms with Crippen LogP contribution in [0.15, 0.2) is 6.07 Å². The Bertz CT molecular complexity index is 417. The number of hydrogen-bond acceptors (Lipinski definition) is 3. The molecule has 1 aliphatic heterocycles. The van der Waals surface area contributed by atoms with Gasteiger partial charge >= 0.3 is 0 Å². The summed E-state index contributed by atoms with van der Waals surface area (Å²) in [6.07, 6.45) is 2.29. The van der Waals surface area contributed by atoms with E-state index in [0.29, 0.717) is 16.1 Å². The molecule has 2 rings (SSSR count). The minimum Gasteiger partial charge on any atom is -0.328 e. The van der Waals surface area contributed by atoms with E-state index < -0.39 is 0 Å². The smallest absolute Gasteiger partial charge is 0.135 e. The van der Waals surface area contributed by atoms with Gasteiger partial charge in [0.15, 0.2) is 0 Å². The maximum absolute atomic E-state index is 6.26. The number of rotatable bonds is 3. The van der Waals surface area contributed by atoms with Gasteiger partial charge in [-0.3, -0.25) is 4.90 Å². The second kappa shape index (κ2) is 6.40. The molecule has 2 heterocycles. The Labute approximate surface area is 125 Å². The lowest BCUT2D eigenvalue weighted by Gasteiger charge is -2.33. The minimum atomic E-state index is 0.287. The minimum absolute atomic E-state index is 0.287. The van der Waals surface area contributed by atoms with Crippen molar-refractivity contribution in [3.05, 3.63) is 27.5 Å². The van der Waals surface area contributed by atoms with Crippen molar-refractivity contribution in [2.45, 2.75) is 39.3 Å². The first-order chi connectivity index (χ1) is 8.97. The van der Waals surface area contributed by atoms with Gasteiger partial charge in [0, 0.05) is 28.9 Å². The van der Waals surface area contributed by atoms with Gasteiger partial charge in [0.1, 0.15) is 5.15 Å². The zero-order valence-electron chi connectivity index (χ0n) is 11.5. The number of nitrogens with zero attached hydrogens (tertiary/aromatic N) is 2. The zero-order chi connectivity index (χ0) is 14.0. The van der Waals surface area contributed by atoms with Crippen molar-refractivity contribution in [3.63, 3.8) is 0 Å². The van der Waals surface area contributed by atoms with Crippen molar-refractivity contribution in [3.8, 4) is 0 Å². The monoisotopic (exact) mass is 301 g/mol. The van der Waals surface area contributed by atoms with Crippen LogP contribution in [0.5, 0.6) is 0 Å². The van der Waals surface area contributed by atoms with E-state index in [9.17, 15) is 0 Å². The molecule has 0 saturated carbocycles. The zero-order valence-corrected chi connectivity index (χ0v) is 13.0. The molecule has 3 nitrogen and oxygen atoms in total. The Kier molecular flexibility index (Phi) is 5.07. The third kappa shape index (κ3) is 3.82. The van der Waals surface area contributed by atoms with Crippen LogP contribution in [-0.4, -0.2) is 29.0 Å². The Hall–Kier alpha value is -0.350. The highest BCUT2D eigenvalue weighted by Crippen LogP contribution is 2.27. The molecule has 106 valence electrons. The fraction of sp³-hybridized carbons (Fsp3) is 0.643. The summed E-state index contributed by atoms with van der Waals surface area (Å²) in [5.41, 5.74) is 7.75. The van der Waals surface area contributed by atoms with Crippen LogP contribution >= 0.6 is 23.2 Å². The first-order valence-corrected chi connectivity index (χ1v) is 7.52. The number of halogens is 2. The molecule has 2 N–H and O–H groups in total. The molecule has 1 saturated heterocycles. The van der Waals surface area contributed by atoms with Gasteiger partial charge in [0.2, 0.25) is 0 Å². The summed E-state index contributed by atoms with van der Waals surface area (Å²) < 4.78 is 0. The number of pyridine rings is 1. The summed E-state index contributed by atoms with van der Waals surface area (Å²) in [6, 6.07) is 2.16. The largest absolute Gasteiger partial charge is 0.328 e. The summed E-state index contributed by atoms with van der Waals surface area (Å²) in [6.45, 7) is 6.86. The quantitative estimate of drug-likeness (QED) is 0.872. The Morgan fingerprint density at radius 1 is 1.42 bits per heavy atom. The molecule has 1 fully saturated rings. The Morgan fingerprint density at radius 2 is 2.05 bits per heavy atom. The number of piperidine rings is 1. The molecule has 0 aromatic carbocycles. The fourth-order valence-corrected chi connectivity index (χ4v) is 3.28. The average Bonchev–Trinajstić information content (AvgIpc) is 2.34. The molecular formula is C14H21Cl2N3. The van der Waals surface area contributed by atoms with Gasteiger partial charge in [-0.1, -0.05) is 23.2 Å². The molecule has 19 heavy (non-hydrogen) atoms. The highest BCUT2D eigenvalue weighted by Gasteiger charge is 2.23. The van der Waals surface area contributed by atoms with Gasteiger partial charge in [0.05, 0.1) is 0 Å². The first-order valence-electron chi connectivity index (χ1n) is 6.77. The molecule has 5 heteroatoms. The van der Waals surface area contributed by atoms with Gasteiger partial charge in [-0.15, -0.1) is 0 Å². The lowest BCUT2D eigenvalue weighted by molar-refractivity contribution is 0.165. The number of aromatic nitrogens is 1. The Balaban J connectivity index is 2.00. The summed E-state index contributed by atoms with van der Waals surface area (Å²) in [5, 5.41) is 1.24. The van der Waals surface area contributed by atoms with E-state index in [1.54, 1.807) is 0 Å². The molecule has 0 radical (unpaired) electrons. The van der Waals surface area contributed by atoms with Crippen LogP contribution in [0.1, 0.15) is 31.0 Å². The molecular weight excluding hydrogens is 281 g/mol. The second-order valence-corrected chi connectivity index (χ2v) is 6.25. The van der Waals surface area contributed by atoms with Gasteiger partial charge in [0.25, 0.3) is 0 Å². The number of likely N-dealkylation sites (tertiary alicyclic amines) is 1. The van der Waals surface area contributed by atoms with Gasteiger partial charge in [-0.2, -0.15) is 0 Å². The number of aryl methyl sites for hydroxylation is 1. The summed E-state index contributed by atoms with van der Waals surface area (Å²) in [5.74, 6) is 0.637. The lowest BCUT2D eigenvalue weighted by atomic mass is 9.91. The second-order valence-electron chi connectivity index (χ2n) is 5.49. The third-order valence-electron chi connectivity index (χ3n) is 3.90. The van der Waals surface area contributed by atoms with Crippen molar-refractivity contribution < 1.29 is 0 Å². The fourth-order valence-electron chi connectivity index (χ4n) is 2.62. The number of hydrogen-bond donors (Lipinski definition) is 1. The van der Waals surface area contributed by atoms with Crippen molar-refractivity contribution in [1.82, 2.24) is 9.88 Å². The van der Waals surface area contributed by atoms with Gasteiger partial charge in [-0.05, 0) is 51.8 Å². The maximum atomic E-state index is 6.26. The van der Waals surface area contributed by atoms with Crippen molar-refractivity contribution in [2.75, 3.05) is 13.1 Å². The maximum Gasteiger partial charge on any atom is 0.135 e. The van der Waals surface area contributed by atoms with E-state index in [4.69, 9.17) is 28.9 Å². The molecule has 0 amide bonds. The topological polar surface area (TPSA) is 42.1 Å². The standard InChI is InChI=1S/C14H21Cl2N3/c1-9-7-13(15)12(14(16)18-9)8-19-5-3-11(4-6-19)10(2)17/h7,10-11H,3-6,8,17H2,1-2H3. The summed E-state index contributed by atoms with van der Waals surface area (Å²) >= 11 is 12.5. The molecule has 1 aromatic heterocycles. The highest BCUT2D eigenvalue weighted by atomic mass is 35.5. The molecule has 1 aliphatic rings. The van der Waals surface area contributed by atoms with Crippen LogP contribution in [0.2, 0.25) is 10.2 Å². The highest BCUT2D eigenvalue weighted by molar-refractivity contribution is 6.35. The summed E-state index contributed by atoms with van der Waals surface area (Å²) in [4.78, 5) is 6.66. The van der Waals surface area contributed by atoms with Crippen LogP contribution in [0.4, 0.5) is 0 Å². The Morgan fingerprint density at radius 3 is 2.58 bits per heavy atom. The molecule has 1 unspecified atom stereocenters. The van der Waals surface area contributed by atoms with Crippen molar-refractivity contribution >= 4 is 23.2 Å². The molecule has 1 aromatic rings. The molecule has 0 bridgehead atoms. The van der Waals surface area contributed by atoms with Crippen LogP contribution in [0.3, 0.4) is 0 Å². The molecule has 1 atom stereocenters. The average molecular weight is 302 g/mol. The molecule has 0 spiro atoms. The normalized spacial score (nSPS) is 19.6. The van der Waals surface area contributed by atoms with Crippen LogP contribution in [0, 0.1) is 12.8 Å². The summed E-state index contributed by atoms with van der Waals surface area (Å²) in [7, 11) is 0. The van der Waals surface area contributed by atoms with E-state index in [1.807, 2.05) is 13.0 Å².